The number of amides is 2. The fraction of sp³-hybridized carbons (Fsp3) is 0.619. The zero-order valence-electron chi connectivity index (χ0n) is 17.3. The molecule has 27 heavy (non-hydrogen) atoms. The van der Waals surface area contributed by atoms with E-state index in [2.05, 4.69) is 51.2 Å². The van der Waals surface area contributed by atoms with Gasteiger partial charge >= 0.3 is 6.09 Å². The van der Waals surface area contributed by atoms with Crippen LogP contribution in [-0.2, 0) is 9.53 Å². The Balaban J connectivity index is 1.98. The zero-order chi connectivity index (χ0) is 20.0. The summed E-state index contributed by atoms with van der Waals surface area (Å²) in [6, 6.07) is 6.26. The van der Waals surface area contributed by atoms with Gasteiger partial charge < -0.3 is 15.0 Å². The summed E-state index contributed by atoms with van der Waals surface area (Å²) < 4.78 is 5.05. The van der Waals surface area contributed by atoms with Gasteiger partial charge in [-0.15, -0.1) is 0 Å². The molecule has 0 aliphatic carbocycles. The monoisotopic (exact) mass is 376 g/mol. The Morgan fingerprint density at radius 2 is 1.67 bits per heavy atom. The number of quaternary nitrogens is 1. The molecule has 0 bridgehead atoms. The Kier molecular flexibility index (Phi) is 7.66. The molecule has 0 aromatic heterocycles. The summed E-state index contributed by atoms with van der Waals surface area (Å²) >= 11 is 0. The van der Waals surface area contributed by atoms with E-state index in [0.29, 0.717) is 38.1 Å². The molecule has 1 aliphatic rings. The van der Waals surface area contributed by atoms with E-state index in [-0.39, 0.29) is 12.0 Å². The van der Waals surface area contributed by atoms with Crippen LogP contribution in [-0.4, -0.2) is 56.2 Å². The number of benzene rings is 1. The van der Waals surface area contributed by atoms with Crippen molar-refractivity contribution in [3.8, 4) is 0 Å². The number of hydrogen-bond acceptors (Lipinski definition) is 3. The van der Waals surface area contributed by atoms with Gasteiger partial charge in [0, 0.05) is 5.69 Å². The first-order chi connectivity index (χ1) is 12.8. The van der Waals surface area contributed by atoms with Crippen LogP contribution in [0.4, 0.5) is 10.5 Å². The minimum Gasteiger partial charge on any atom is -0.450 e. The molecule has 0 spiro atoms. The molecular weight excluding hydrogens is 342 g/mol. The fourth-order valence-corrected chi connectivity index (χ4v) is 3.50. The predicted molar refractivity (Wildman–Crippen MR) is 107 cm³/mol. The molecule has 0 unspecified atom stereocenters. The Labute approximate surface area is 162 Å². The lowest BCUT2D eigenvalue weighted by atomic mass is 9.92. The second kappa shape index (κ2) is 9.74. The summed E-state index contributed by atoms with van der Waals surface area (Å²) in [6.07, 6.45) is -0.256. The minimum atomic E-state index is -0.256. The molecule has 150 valence electrons. The first-order valence-corrected chi connectivity index (χ1v) is 10.0. The summed E-state index contributed by atoms with van der Waals surface area (Å²) in [5, 5.41) is 3.18. The maximum Gasteiger partial charge on any atom is 0.410 e. The van der Waals surface area contributed by atoms with E-state index in [9.17, 15) is 9.59 Å². The molecule has 1 aliphatic heterocycles. The van der Waals surface area contributed by atoms with Crippen LogP contribution < -0.4 is 10.2 Å². The van der Waals surface area contributed by atoms with Gasteiger partial charge in [-0.05, 0) is 29.9 Å². The van der Waals surface area contributed by atoms with E-state index in [0.717, 1.165) is 18.8 Å². The molecule has 0 saturated carbocycles. The number of piperazine rings is 1. The number of ether oxygens (including phenoxy) is 1. The average Bonchev–Trinajstić information content (AvgIpc) is 2.62. The van der Waals surface area contributed by atoms with Gasteiger partial charge in [-0.25, -0.2) is 4.79 Å². The Bertz CT molecular complexity index is 624. The largest absolute Gasteiger partial charge is 0.450 e. The third-order valence-corrected chi connectivity index (χ3v) is 5.04. The van der Waals surface area contributed by atoms with Crippen LogP contribution in [0.3, 0.4) is 0 Å². The molecule has 6 nitrogen and oxygen atoms in total. The van der Waals surface area contributed by atoms with Gasteiger partial charge in [0.25, 0.3) is 5.91 Å². The van der Waals surface area contributed by atoms with Crippen molar-refractivity contribution in [3.63, 3.8) is 0 Å². The minimum absolute atomic E-state index is 0.0320. The first kappa shape index (κ1) is 21.2. The van der Waals surface area contributed by atoms with Gasteiger partial charge in [-0.1, -0.05) is 45.9 Å². The van der Waals surface area contributed by atoms with Crippen LogP contribution in [0, 0.1) is 0 Å². The molecule has 1 aromatic carbocycles. The van der Waals surface area contributed by atoms with Gasteiger partial charge in [0.05, 0.1) is 32.8 Å². The summed E-state index contributed by atoms with van der Waals surface area (Å²) in [4.78, 5) is 27.4. The van der Waals surface area contributed by atoms with Crippen LogP contribution in [0.15, 0.2) is 18.2 Å². The number of rotatable bonds is 6. The van der Waals surface area contributed by atoms with Crippen molar-refractivity contribution in [2.45, 2.75) is 46.5 Å². The lowest BCUT2D eigenvalue weighted by molar-refractivity contribution is -0.895. The second-order valence-electron chi connectivity index (χ2n) is 7.78. The first-order valence-electron chi connectivity index (χ1n) is 10.0. The quantitative estimate of drug-likeness (QED) is 0.800. The van der Waals surface area contributed by atoms with Crippen molar-refractivity contribution in [1.82, 2.24) is 4.90 Å². The standard InChI is InChI=1S/C21H33N3O3/c1-6-27-21(26)24-12-10-23(11-13-24)14-19(25)22-20-17(15(2)3)8-7-9-18(20)16(4)5/h7-9,15-16H,6,10-14H2,1-5H3,(H,22,25)/p+1. The molecule has 1 fully saturated rings. The normalized spacial score (nSPS) is 15.3. The molecular formula is C21H34N3O3+. The smallest absolute Gasteiger partial charge is 0.410 e. The van der Waals surface area contributed by atoms with E-state index in [1.807, 2.05) is 6.92 Å². The van der Waals surface area contributed by atoms with Gasteiger partial charge in [0.1, 0.15) is 0 Å². The number of para-hydroxylation sites is 1. The van der Waals surface area contributed by atoms with Crippen molar-refractivity contribution < 1.29 is 19.2 Å². The highest BCUT2D eigenvalue weighted by atomic mass is 16.6. The number of hydrogen-bond donors (Lipinski definition) is 2. The Hall–Kier alpha value is -2.08. The van der Waals surface area contributed by atoms with Crippen LogP contribution in [0.5, 0.6) is 0 Å². The van der Waals surface area contributed by atoms with Crippen molar-refractivity contribution in [2.75, 3.05) is 44.6 Å². The van der Waals surface area contributed by atoms with Gasteiger partial charge in [0.15, 0.2) is 6.54 Å². The number of carbonyl (C=O) groups is 2. The molecule has 0 atom stereocenters. The maximum absolute atomic E-state index is 12.7. The average molecular weight is 377 g/mol. The van der Waals surface area contributed by atoms with Gasteiger partial charge in [-0.3, -0.25) is 9.69 Å². The highest BCUT2D eigenvalue weighted by molar-refractivity contribution is 5.93. The summed E-state index contributed by atoms with van der Waals surface area (Å²) in [7, 11) is 0. The summed E-state index contributed by atoms with van der Waals surface area (Å²) in [6.45, 7) is 14.0. The van der Waals surface area contributed by atoms with Crippen molar-refractivity contribution >= 4 is 17.7 Å². The lowest BCUT2D eigenvalue weighted by Gasteiger charge is -2.31. The molecule has 1 aromatic rings. The predicted octanol–water partition coefficient (Wildman–Crippen LogP) is 2.23. The van der Waals surface area contributed by atoms with E-state index in [1.165, 1.54) is 16.0 Å². The van der Waals surface area contributed by atoms with Crippen LogP contribution in [0.1, 0.15) is 57.6 Å². The number of carbonyl (C=O) groups excluding carboxylic acids is 2. The number of nitrogens with zero attached hydrogens (tertiary/aromatic N) is 1. The highest BCUT2D eigenvalue weighted by Crippen LogP contribution is 2.32. The Morgan fingerprint density at radius 3 is 2.15 bits per heavy atom. The number of anilines is 1. The third kappa shape index (κ3) is 5.70. The molecule has 1 heterocycles. The van der Waals surface area contributed by atoms with E-state index < -0.39 is 0 Å². The molecule has 6 heteroatoms. The van der Waals surface area contributed by atoms with Crippen LogP contribution >= 0.6 is 0 Å². The van der Waals surface area contributed by atoms with Crippen molar-refractivity contribution in [1.29, 1.82) is 0 Å². The topological polar surface area (TPSA) is 63.1 Å². The highest BCUT2D eigenvalue weighted by Gasteiger charge is 2.26. The Morgan fingerprint density at radius 1 is 1.11 bits per heavy atom. The van der Waals surface area contributed by atoms with E-state index in [4.69, 9.17) is 4.74 Å². The lowest BCUT2D eigenvalue weighted by Crippen LogP contribution is -3.15. The zero-order valence-corrected chi connectivity index (χ0v) is 17.3. The molecule has 2 amide bonds. The van der Waals surface area contributed by atoms with Crippen LogP contribution in [0.25, 0.3) is 0 Å². The molecule has 2 N–H and O–H groups in total. The fourth-order valence-electron chi connectivity index (χ4n) is 3.50. The van der Waals surface area contributed by atoms with E-state index in [1.54, 1.807) is 4.90 Å². The summed E-state index contributed by atoms with van der Waals surface area (Å²) in [5.41, 5.74) is 3.32. The maximum atomic E-state index is 12.7. The SMILES string of the molecule is CCOC(=O)N1CC[NH+](CC(=O)Nc2c(C(C)C)cccc2C(C)C)CC1. The van der Waals surface area contributed by atoms with Crippen molar-refractivity contribution in [3.05, 3.63) is 29.3 Å². The third-order valence-electron chi connectivity index (χ3n) is 5.04. The number of nitrogens with one attached hydrogen (secondary N) is 2. The van der Waals surface area contributed by atoms with Crippen LogP contribution in [0.2, 0.25) is 0 Å². The second-order valence-corrected chi connectivity index (χ2v) is 7.78. The van der Waals surface area contributed by atoms with E-state index >= 15 is 0 Å². The van der Waals surface area contributed by atoms with Crippen molar-refractivity contribution in [2.24, 2.45) is 0 Å². The molecule has 1 saturated heterocycles. The van der Waals surface area contributed by atoms with Gasteiger partial charge in [-0.2, -0.15) is 0 Å². The van der Waals surface area contributed by atoms with Gasteiger partial charge in [0.2, 0.25) is 0 Å². The molecule has 2 rings (SSSR count). The molecule has 0 radical (unpaired) electrons. The summed E-state index contributed by atoms with van der Waals surface area (Å²) in [5.74, 6) is 0.725.